The molecule has 1 aliphatic heterocycles. The lowest BCUT2D eigenvalue weighted by molar-refractivity contribution is 0.159. The summed E-state index contributed by atoms with van der Waals surface area (Å²) in [5, 5.41) is 0. The zero-order valence-electron chi connectivity index (χ0n) is 6.08. The Balaban J connectivity index is 2.26. The molecule has 0 saturated carbocycles. The molecule has 62 valence electrons. The Labute approximate surface area is 70.3 Å². The highest BCUT2D eigenvalue weighted by molar-refractivity contribution is 7.80. The largest absolute Gasteiger partial charge is 0.448 e. The number of carbonyl (C=O) groups excluding carboxylic acids is 1. The van der Waals surface area contributed by atoms with Gasteiger partial charge in [-0.2, -0.15) is 0 Å². The van der Waals surface area contributed by atoms with Crippen LogP contribution in [0.4, 0.5) is 4.79 Å². The summed E-state index contributed by atoms with van der Waals surface area (Å²) in [6.07, 6.45) is 0.311. The van der Waals surface area contributed by atoms with E-state index in [4.69, 9.17) is 10.5 Å². The van der Waals surface area contributed by atoms with Crippen LogP contribution in [-0.4, -0.2) is 35.7 Å². The monoisotopic (exact) mass is 174 g/mol. The molecule has 0 aromatic rings. The molecule has 0 unspecified atom stereocenters. The molecule has 0 aromatic carbocycles. The van der Waals surface area contributed by atoms with Gasteiger partial charge in [0.1, 0.15) is 6.61 Å². The standard InChI is InChI=1S/C6H10N2O2S/c7-5(11)1-2-8-3-4-10-6(8)9/h1-4H2,(H2,7,11). The first-order valence-electron chi connectivity index (χ1n) is 3.40. The number of nitrogens with two attached hydrogens (primary N) is 1. The molecule has 1 heterocycles. The first kappa shape index (κ1) is 8.26. The predicted octanol–water partition coefficient (Wildman–Crippen LogP) is 0.115. The van der Waals surface area contributed by atoms with Gasteiger partial charge < -0.3 is 15.4 Å². The van der Waals surface area contributed by atoms with E-state index in [9.17, 15) is 4.79 Å². The summed E-state index contributed by atoms with van der Waals surface area (Å²) < 4.78 is 4.70. The number of hydrogen-bond donors (Lipinski definition) is 1. The van der Waals surface area contributed by atoms with E-state index in [1.165, 1.54) is 0 Å². The summed E-state index contributed by atoms with van der Waals surface area (Å²) in [5.74, 6) is 0. The number of nitrogens with zero attached hydrogens (tertiary/aromatic N) is 1. The second-order valence-electron chi connectivity index (χ2n) is 2.32. The third kappa shape index (κ3) is 2.34. The highest BCUT2D eigenvalue weighted by Gasteiger charge is 2.20. The lowest BCUT2D eigenvalue weighted by atomic mass is 10.4. The first-order chi connectivity index (χ1) is 5.20. The van der Waals surface area contributed by atoms with Crippen LogP contribution in [0.3, 0.4) is 0 Å². The van der Waals surface area contributed by atoms with E-state index >= 15 is 0 Å². The molecular formula is C6H10N2O2S. The second-order valence-corrected chi connectivity index (χ2v) is 2.84. The van der Waals surface area contributed by atoms with Crippen LogP contribution in [0.25, 0.3) is 0 Å². The van der Waals surface area contributed by atoms with Crippen molar-refractivity contribution >= 4 is 23.3 Å². The normalized spacial score (nSPS) is 16.7. The van der Waals surface area contributed by atoms with Gasteiger partial charge in [-0.05, 0) is 0 Å². The summed E-state index contributed by atoms with van der Waals surface area (Å²) >= 11 is 4.67. The van der Waals surface area contributed by atoms with Crippen molar-refractivity contribution in [2.75, 3.05) is 19.7 Å². The SMILES string of the molecule is NC(=S)CCN1CCOC1=O. The van der Waals surface area contributed by atoms with Crippen LogP contribution in [-0.2, 0) is 4.74 Å². The molecule has 1 aliphatic rings. The maximum atomic E-state index is 10.8. The molecule has 0 radical (unpaired) electrons. The van der Waals surface area contributed by atoms with Gasteiger partial charge in [-0.25, -0.2) is 4.79 Å². The fourth-order valence-corrected chi connectivity index (χ4v) is 0.965. The van der Waals surface area contributed by atoms with Gasteiger partial charge in [-0.3, -0.25) is 0 Å². The quantitative estimate of drug-likeness (QED) is 0.617. The van der Waals surface area contributed by atoms with Crippen LogP contribution < -0.4 is 5.73 Å². The molecule has 1 saturated heterocycles. The molecule has 1 amide bonds. The minimum Gasteiger partial charge on any atom is -0.448 e. The molecule has 0 spiro atoms. The van der Waals surface area contributed by atoms with Crippen LogP contribution in [0.2, 0.25) is 0 Å². The lowest BCUT2D eigenvalue weighted by Gasteiger charge is -2.10. The van der Waals surface area contributed by atoms with E-state index in [0.717, 1.165) is 0 Å². The van der Waals surface area contributed by atoms with Crippen LogP contribution >= 0.6 is 12.2 Å². The van der Waals surface area contributed by atoms with Crippen LogP contribution in [0.5, 0.6) is 0 Å². The van der Waals surface area contributed by atoms with Crippen molar-refractivity contribution in [3.8, 4) is 0 Å². The van der Waals surface area contributed by atoms with Crippen LogP contribution in [0, 0.1) is 0 Å². The Morgan fingerprint density at radius 2 is 2.55 bits per heavy atom. The molecule has 0 bridgehead atoms. The van der Waals surface area contributed by atoms with E-state index in [1.54, 1.807) is 4.90 Å². The number of cyclic esters (lactones) is 1. The Kier molecular flexibility index (Phi) is 2.64. The molecular weight excluding hydrogens is 164 g/mol. The summed E-state index contributed by atoms with van der Waals surface area (Å²) in [6.45, 7) is 1.71. The minimum atomic E-state index is -0.263. The van der Waals surface area contributed by atoms with Gasteiger partial charge in [0.2, 0.25) is 0 Å². The topological polar surface area (TPSA) is 55.6 Å². The number of ether oxygens (including phenoxy) is 1. The maximum Gasteiger partial charge on any atom is 0.409 e. The Bertz CT molecular complexity index is 183. The summed E-state index contributed by atoms with van der Waals surface area (Å²) in [5.41, 5.74) is 5.27. The molecule has 0 aliphatic carbocycles. The Morgan fingerprint density at radius 1 is 1.82 bits per heavy atom. The average Bonchev–Trinajstić information content (AvgIpc) is 2.31. The average molecular weight is 174 g/mol. The highest BCUT2D eigenvalue weighted by atomic mass is 32.1. The second kappa shape index (κ2) is 3.52. The third-order valence-electron chi connectivity index (χ3n) is 1.47. The van der Waals surface area contributed by atoms with Crippen molar-refractivity contribution < 1.29 is 9.53 Å². The van der Waals surface area contributed by atoms with E-state index in [-0.39, 0.29) is 6.09 Å². The van der Waals surface area contributed by atoms with Crippen molar-refractivity contribution in [1.29, 1.82) is 0 Å². The predicted molar refractivity (Wildman–Crippen MR) is 44.3 cm³/mol. The van der Waals surface area contributed by atoms with Gasteiger partial charge in [0.25, 0.3) is 0 Å². The molecule has 11 heavy (non-hydrogen) atoms. The van der Waals surface area contributed by atoms with Gasteiger partial charge >= 0.3 is 6.09 Å². The minimum absolute atomic E-state index is 0.263. The van der Waals surface area contributed by atoms with Crippen molar-refractivity contribution in [3.63, 3.8) is 0 Å². The van der Waals surface area contributed by atoms with E-state index in [2.05, 4.69) is 12.2 Å². The number of amides is 1. The summed E-state index contributed by atoms with van der Waals surface area (Å²) in [7, 11) is 0. The van der Waals surface area contributed by atoms with Gasteiger partial charge in [0, 0.05) is 13.0 Å². The number of thiocarbonyl (C=S) groups is 1. The van der Waals surface area contributed by atoms with E-state index in [0.29, 0.717) is 31.1 Å². The fraction of sp³-hybridized carbons (Fsp3) is 0.667. The highest BCUT2D eigenvalue weighted by Crippen LogP contribution is 2.03. The van der Waals surface area contributed by atoms with Crippen molar-refractivity contribution in [1.82, 2.24) is 4.90 Å². The smallest absolute Gasteiger partial charge is 0.409 e. The Morgan fingerprint density at radius 3 is 3.00 bits per heavy atom. The first-order valence-corrected chi connectivity index (χ1v) is 3.81. The van der Waals surface area contributed by atoms with E-state index < -0.39 is 0 Å². The molecule has 1 rings (SSSR count). The third-order valence-corrected chi connectivity index (χ3v) is 1.68. The van der Waals surface area contributed by atoms with Crippen LogP contribution in [0.15, 0.2) is 0 Å². The maximum absolute atomic E-state index is 10.8. The molecule has 2 N–H and O–H groups in total. The van der Waals surface area contributed by atoms with Crippen LogP contribution in [0.1, 0.15) is 6.42 Å². The van der Waals surface area contributed by atoms with Gasteiger partial charge in [-0.15, -0.1) is 0 Å². The Hall–Kier alpha value is -0.840. The zero-order valence-corrected chi connectivity index (χ0v) is 6.89. The number of rotatable bonds is 3. The molecule has 5 heteroatoms. The fourth-order valence-electron chi connectivity index (χ4n) is 0.874. The molecule has 0 atom stereocenters. The molecule has 0 aromatic heterocycles. The van der Waals surface area contributed by atoms with Gasteiger partial charge in [0.15, 0.2) is 0 Å². The zero-order chi connectivity index (χ0) is 8.27. The summed E-state index contributed by atoms with van der Waals surface area (Å²) in [4.78, 5) is 12.8. The van der Waals surface area contributed by atoms with Crippen molar-refractivity contribution in [2.24, 2.45) is 5.73 Å². The van der Waals surface area contributed by atoms with E-state index in [1.807, 2.05) is 0 Å². The summed E-state index contributed by atoms with van der Waals surface area (Å²) in [6, 6.07) is 0. The van der Waals surface area contributed by atoms with Gasteiger partial charge in [-0.1, -0.05) is 12.2 Å². The number of carbonyl (C=O) groups is 1. The lowest BCUT2D eigenvalue weighted by Crippen LogP contribution is -2.28. The molecule has 4 nitrogen and oxygen atoms in total. The number of hydrogen-bond acceptors (Lipinski definition) is 3. The molecule has 1 fully saturated rings. The van der Waals surface area contributed by atoms with Gasteiger partial charge in [0.05, 0.1) is 11.5 Å². The van der Waals surface area contributed by atoms with Crippen molar-refractivity contribution in [2.45, 2.75) is 6.42 Å². The van der Waals surface area contributed by atoms with Crippen molar-refractivity contribution in [3.05, 3.63) is 0 Å².